The number of hydrogen-bond acceptors (Lipinski definition) is 5. The van der Waals surface area contributed by atoms with Crippen molar-refractivity contribution >= 4 is 16.7 Å². The molecule has 0 atom stereocenters. The monoisotopic (exact) mass is 404 g/mol. The molecule has 0 spiro atoms. The van der Waals surface area contributed by atoms with Crippen molar-refractivity contribution in [3.05, 3.63) is 58.0 Å². The zero-order valence-corrected chi connectivity index (χ0v) is 16.1. The smallest absolute Gasteiger partial charge is 0.273 e. The summed E-state index contributed by atoms with van der Waals surface area (Å²) in [5, 5.41) is 0.501. The lowest BCUT2D eigenvalue weighted by Gasteiger charge is -2.17. The molecule has 1 fully saturated rings. The summed E-state index contributed by atoms with van der Waals surface area (Å²) in [5.41, 5.74) is 1.75. The van der Waals surface area contributed by atoms with Gasteiger partial charge in [0.1, 0.15) is 5.82 Å². The minimum absolute atomic E-state index is 0.175. The Labute approximate surface area is 164 Å². The van der Waals surface area contributed by atoms with Crippen molar-refractivity contribution in [1.82, 2.24) is 14.5 Å². The van der Waals surface area contributed by atoms with Gasteiger partial charge in [0.25, 0.3) is 11.5 Å². The van der Waals surface area contributed by atoms with Crippen molar-refractivity contribution < 1.29 is 18.0 Å². The molecule has 0 bridgehead atoms. The second-order valence-corrected chi connectivity index (χ2v) is 7.61. The van der Waals surface area contributed by atoms with Crippen LogP contribution in [0.15, 0.2) is 35.3 Å². The fraction of sp³-hybridized carbons (Fsp3) is 0.350. The Morgan fingerprint density at radius 3 is 2.66 bits per heavy atom. The first kappa shape index (κ1) is 19.2. The molecule has 0 saturated heterocycles. The van der Waals surface area contributed by atoms with Crippen molar-refractivity contribution in [3.8, 4) is 5.75 Å². The lowest BCUT2D eigenvalue weighted by molar-refractivity contribution is 0.0133. The molecule has 1 saturated carbocycles. The number of anilines is 1. The van der Waals surface area contributed by atoms with E-state index in [0.717, 1.165) is 18.9 Å². The van der Waals surface area contributed by atoms with Crippen LogP contribution in [0.25, 0.3) is 10.9 Å². The Kier molecular flexibility index (Phi) is 4.29. The summed E-state index contributed by atoms with van der Waals surface area (Å²) in [7, 11) is 0. The van der Waals surface area contributed by atoms with E-state index in [2.05, 4.69) is 15.4 Å². The number of halogens is 3. The van der Waals surface area contributed by atoms with Gasteiger partial charge in [-0.15, -0.1) is 0 Å². The molecule has 1 aromatic carbocycles. The Balaban J connectivity index is 1.73. The van der Waals surface area contributed by atoms with Crippen LogP contribution in [0.2, 0.25) is 0 Å². The van der Waals surface area contributed by atoms with Crippen LogP contribution in [-0.2, 0) is 11.5 Å². The largest absolute Gasteiger partial charge is 0.378 e. The third-order valence-corrected chi connectivity index (χ3v) is 5.09. The first-order chi connectivity index (χ1) is 13.6. The second-order valence-electron chi connectivity index (χ2n) is 7.61. The fourth-order valence-electron chi connectivity index (χ4n) is 3.17. The maximum absolute atomic E-state index is 14.4. The maximum atomic E-state index is 14.4. The first-order valence-corrected chi connectivity index (χ1v) is 9.10. The van der Waals surface area contributed by atoms with Crippen molar-refractivity contribution in [3.63, 3.8) is 0 Å². The highest BCUT2D eigenvalue weighted by Gasteiger charge is 2.40. The summed E-state index contributed by atoms with van der Waals surface area (Å²) in [6.07, 6.45) is 3.41. The molecule has 0 aliphatic heterocycles. The maximum Gasteiger partial charge on any atom is 0.273 e. The Bertz CT molecular complexity index is 1170. The summed E-state index contributed by atoms with van der Waals surface area (Å²) < 4.78 is 43.1. The van der Waals surface area contributed by atoms with Crippen molar-refractivity contribution in [2.75, 3.05) is 5.48 Å². The van der Waals surface area contributed by atoms with Crippen LogP contribution in [0.4, 0.5) is 19.0 Å². The molecular formula is C20H19F3N4O2. The molecule has 2 heterocycles. The fourth-order valence-corrected chi connectivity index (χ4v) is 3.17. The summed E-state index contributed by atoms with van der Waals surface area (Å²) in [6, 6.07) is 4.93. The van der Waals surface area contributed by atoms with Crippen LogP contribution in [0, 0.1) is 12.7 Å². The summed E-state index contributed by atoms with van der Waals surface area (Å²) in [6.45, 7) is 4.23. The lowest BCUT2D eigenvalue weighted by atomic mass is 10.1. The van der Waals surface area contributed by atoms with Gasteiger partial charge in [-0.2, -0.15) is 0 Å². The molecule has 1 N–H and O–H groups in total. The number of pyridine rings is 1. The number of rotatable bonds is 5. The summed E-state index contributed by atoms with van der Waals surface area (Å²) in [5.74, 6) is -4.33. The molecule has 1 aliphatic carbocycles. The van der Waals surface area contributed by atoms with E-state index in [1.165, 1.54) is 18.2 Å². The zero-order chi connectivity index (χ0) is 21.0. The Morgan fingerprint density at radius 1 is 1.28 bits per heavy atom. The third-order valence-electron chi connectivity index (χ3n) is 5.09. The van der Waals surface area contributed by atoms with Crippen LogP contribution in [-0.4, -0.2) is 14.5 Å². The normalized spacial score (nSPS) is 15.4. The van der Waals surface area contributed by atoms with E-state index in [4.69, 9.17) is 4.84 Å². The van der Waals surface area contributed by atoms with E-state index in [-0.39, 0.29) is 16.9 Å². The topological polar surface area (TPSA) is 69.0 Å². The minimum Gasteiger partial charge on any atom is -0.378 e. The molecule has 152 valence electrons. The molecule has 6 nitrogen and oxygen atoms in total. The van der Waals surface area contributed by atoms with Gasteiger partial charge in [0, 0.05) is 24.7 Å². The van der Waals surface area contributed by atoms with E-state index in [1.807, 2.05) is 6.92 Å². The second kappa shape index (κ2) is 6.47. The average Bonchev–Trinajstić information content (AvgIpc) is 3.37. The molecule has 4 rings (SSSR count). The number of fused-ring (bicyclic) bond motifs is 1. The van der Waals surface area contributed by atoms with Gasteiger partial charge in [0.15, 0.2) is 17.4 Å². The molecule has 0 amide bonds. The predicted octanol–water partition coefficient (Wildman–Crippen LogP) is 4.27. The molecule has 1 aliphatic rings. The number of nitrogens with one attached hydrogen (secondary N) is 1. The summed E-state index contributed by atoms with van der Waals surface area (Å²) >= 11 is 0. The van der Waals surface area contributed by atoms with Gasteiger partial charge in [-0.25, -0.2) is 28.6 Å². The molecule has 0 unspecified atom stereocenters. The molecule has 29 heavy (non-hydrogen) atoms. The quantitative estimate of drug-likeness (QED) is 0.644. The number of alkyl halides is 2. The standard InChI is InChI=1S/C20H19F3N4O2/c1-11-24-14-9-16(28)27(19(2)7-8-19)10-12(14)18(25-11)26-29-15-6-4-5-13(17(15)21)20(3,22)23/h4-6,9-10H,7-8H2,1-3H3,(H,24,25,26). The summed E-state index contributed by atoms with van der Waals surface area (Å²) in [4.78, 5) is 26.2. The van der Waals surface area contributed by atoms with Gasteiger partial charge >= 0.3 is 0 Å². The van der Waals surface area contributed by atoms with E-state index >= 15 is 0 Å². The minimum atomic E-state index is -3.35. The van der Waals surface area contributed by atoms with Gasteiger partial charge in [0.2, 0.25) is 0 Å². The third kappa shape index (κ3) is 3.52. The Hall–Kier alpha value is -3.10. The number of aryl methyl sites for hydroxylation is 1. The zero-order valence-electron chi connectivity index (χ0n) is 16.1. The van der Waals surface area contributed by atoms with Crippen LogP contribution < -0.4 is 15.9 Å². The van der Waals surface area contributed by atoms with E-state index < -0.39 is 23.1 Å². The van der Waals surface area contributed by atoms with Crippen LogP contribution in [0.1, 0.15) is 38.1 Å². The van der Waals surface area contributed by atoms with Crippen LogP contribution >= 0.6 is 0 Å². The predicted molar refractivity (Wildman–Crippen MR) is 102 cm³/mol. The van der Waals surface area contributed by atoms with E-state index in [9.17, 15) is 18.0 Å². The molecule has 0 radical (unpaired) electrons. The molecule has 2 aromatic heterocycles. The van der Waals surface area contributed by atoms with Gasteiger partial charge in [-0.3, -0.25) is 4.79 Å². The highest BCUT2D eigenvalue weighted by Crippen LogP contribution is 2.42. The number of aromatic nitrogens is 3. The van der Waals surface area contributed by atoms with Crippen molar-refractivity contribution in [1.29, 1.82) is 0 Å². The van der Waals surface area contributed by atoms with Crippen molar-refractivity contribution in [2.24, 2.45) is 0 Å². The highest BCUT2D eigenvalue weighted by molar-refractivity contribution is 5.88. The first-order valence-electron chi connectivity index (χ1n) is 9.10. The lowest BCUT2D eigenvalue weighted by Crippen LogP contribution is -2.27. The SMILES string of the molecule is Cc1nc(NOc2cccc(C(C)(F)F)c2F)c2cn(C3(C)CC3)c(=O)cc2n1. The van der Waals surface area contributed by atoms with Gasteiger partial charge in [-0.05, 0) is 38.8 Å². The van der Waals surface area contributed by atoms with Gasteiger partial charge < -0.3 is 9.40 Å². The average molecular weight is 404 g/mol. The van der Waals surface area contributed by atoms with Crippen LogP contribution in [0.5, 0.6) is 5.75 Å². The number of hydrogen-bond donors (Lipinski definition) is 1. The number of nitrogens with zero attached hydrogens (tertiary/aromatic N) is 3. The van der Waals surface area contributed by atoms with Gasteiger partial charge in [-0.1, -0.05) is 6.07 Å². The Morgan fingerprint density at radius 2 is 2.00 bits per heavy atom. The van der Waals surface area contributed by atoms with E-state index in [1.54, 1.807) is 17.7 Å². The van der Waals surface area contributed by atoms with Crippen LogP contribution in [0.3, 0.4) is 0 Å². The molecule has 3 aromatic rings. The van der Waals surface area contributed by atoms with Gasteiger partial charge in [0.05, 0.1) is 16.5 Å². The molecular weight excluding hydrogens is 385 g/mol. The van der Waals surface area contributed by atoms with Crippen molar-refractivity contribution in [2.45, 2.75) is 45.1 Å². The highest BCUT2D eigenvalue weighted by atomic mass is 19.3. The number of benzene rings is 1. The molecule has 9 heteroatoms. The van der Waals surface area contributed by atoms with E-state index in [0.29, 0.717) is 23.7 Å².